The molecule has 6 nitrogen and oxygen atoms in total. The van der Waals surface area contributed by atoms with Crippen LogP contribution < -0.4 is 20.1 Å². The summed E-state index contributed by atoms with van der Waals surface area (Å²) >= 11 is 5.89. The molecule has 148 valence electrons. The van der Waals surface area contributed by atoms with Crippen LogP contribution in [0, 0.1) is 0 Å². The molecule has 0 aliphatic rings. The highest BCUT2D eigenvalue weighted by molar-refractivity contribution is 6.30. The first-order chi connectivity index (χ1) is 14.0. The lowest BCUT2D eigenvalue weighted by Gasteiger charge is -2.10. The summed E-state index contributed by atoms with van der Waals surface area (Å²) in [5.41, 5.74) is 1.63. The number of ether oxygens (including phenoxy) is 2. The standard InChI is InChI=1S/C22H19ClN2O4/c1-28-20-8-3-2-7-19(20)22(27)25-16-9-11-18(12-10-16)29-14-21(26)24-17-6-4-5-15(23)13-17/h2-13H,14H2,1H3,(H,24,26)(H,25,27). The van der Waals surface area contributed by atoms with Crippen molar-refractivity contribution in [3.8, 4) is 11.5 Å². The number of hydrogen-bond donors (Lipinski definition) is 2. The van der Waals surface area contributed by atoms with Crippen LogP contribution in [0.1, 0.15) is 10.4 Å². The van der Waals surface area contributed by atoms with Crippen LogP contribution in [-0.2, 0) is 4.79 Å². The van der Waals surface area contributed by atoms with Gasteiger partial charge in [0.05, 0.1) is 12.7 Å². The van der Waals surface area contributed by atoms with Crippen molar-refractivity contribution >= 4 is 34.8 Å². The summed E-state index contributed by atoms with van der Waals surface area (Å²) in [4.78, 5) is 24.4. The van der Waals surface area contributed by atoms with Gasteiger partial charge in [-0.1, -0.05) is 29.8 Å². The van der Waals surface area contributed by atoms with Crippen molar-refractivity contribution in [2.24, 2.45) is 0 Å². The van der Waals surface area contributed by atoms with Gasteiger partial charge >= 0.3 is 0 Å². The summed E-state index contributed by atoms with van der Waals surface area (Å²) in [6.07, 6.45) is 0. The number of anilines is 2. The van der Waals surface area contributed by atoms with E-state index < -0.39 is 0 Å². The minimum Gasteiger partial charge on any atom is -0.496 e. The molecule has 3 aromatic rings. The first-order valence-electron chi connectivity index (χ1n) is 8.78. The third kappa shape index (κ3) is 5.73. The summed E-state index contributed by atoms with van der Waals surface area (Å²) in [6, 6.07) is 20.6. The number of methoxy groups -OCH3 is 1. The van der Waals surface area contributed by atoms with Crippen molar-refractivity contribution in [1.29, 1.82) is 0 Å². The molecule has 29 heavy (non-hydrogen) atoms. The monoisotopic (exact) mass is 410 g/mol. The van der Waals surface area contributed by atoms with Crippen LogP contribution in [-0.4, -0.2) is 25.5 Å². The molecule has 0 aliphatic heterocycles. The van der Waals surface area contributed by atoms with E-state index in [1.54, 1.807) is 72.8 Å². The van der Waals surface area contributed by atoms with Crippen molar-refractivity contribution in [2.75, 3.05) is 24.4 Å². The van der Waals surface area contributed by atoms with E-state index in [4.69, 9.17) is 21.1 Å². The van der Waals surface area contributed by atoms with Crippen LogP contribution in [0.25, 0.3) is 0 Å². The molecule has 3 rings (SSSR count). The van der Waals surface area contributed by atoms with Crippen LogP contribution in [0.15, 0.2) is 72.8 Å². The van der Waals surface area contributed by atoms with Crippen LogP contribution >= 0.6 is 11.6 Å². The molecule has 0 radical (unpaired) electrons. The molecule has 0 heterocycles. The Bertz CT molecular complexity index is 1010. The Balaban J connectivity index is 1.53. The van der Waals surface area contributed by atoms with E-state index in [0.717, 1.165) is 0 Å². The van der Waals surface area contributed by atoms with Gasteiger partial charge in [0.25, 0.3) is 11.8 Å². The molecular weight excluding hydrogens is 392 g/mol. The van der Waals surface area contributed by atoms with Gasteiger partial charge in [0.2, 0.25) is 0 Å². The molecule has 0 saturated carbocycles. The summed E-state index contributed by atoms with van der Waals surface area (Å²) in [5, 5.41) is 6.04. The van der Waals surface area contributed by atoms with Gasteiger partial charge in [-0.3, -0.25) is 9.59 Å². The first-order valence-corrected chi connectivity index (χ1v) is 9.15. The number of rotatable bonds is 7. The first kappa shape index (κ1) is 20.2. The molecule has 2 N–H and O–H groups in total. The lowest BCUT2D eigenvalue weighted by Crippen LogP contribution is -2.20. The fourth-order valence-corrected chi connectivity index (χ4v) is 2.77. The van der Waals surface area contributed by atoms with Gasteiger partial charge in [-0.15, -0.1) is 0 Å². The largest absolute Gasteiger partial charge is 0.496 e. The van der Waals surface area contributed by atoms with E-state index in [0.29, 0.717) is 33.5 Å². The third-order valence-corrected chi connectivity index (χ3v) is 4.18. The second kappa shape index (κ2) is 9.61. The summed E-state index contributed by atoms with van der Waals surface area (Å²) in [6.45, 7) is -0.153. The number of benzene rings is 3. The van der Waals surface area contributed by atoms with E-state index in [1.165, 1.54) is 7.11 Å². The maximum absolute atomic E-state index is 12.4. The van der Waals surface area contributed by atoms with Gasteiger partial charge in [-0.05, 0) is 54.6 Å². The lowest BCUT2D eigenvalue weighted by atomic mass is 10.2. The van der Waals surface area contributed by atoms with Crippen LogP contribution in [0.2, 0.25) is 5.02 Å². The lowest BCUT2D eigenvalue weighted by molar-refractivity contribution is -0.118. The Hall–Kier alpha value is -3.51. The average molecular weight is 411 g/mol. The summed E-state index contributed by atoms with van der Waals surface area (Å²) < 4.78 is 10.7. The molecule has 2 amide bonds. The van der Waals surface area contributed by atoms with Crippen LogP contribution in [0.4, 0.5) is 11.4 Å². The Kier molecular flexibility index (Phi) is 6.71. The van der Waals surface area contributed by atoms with E-state index in [2.05, 4.69) is 10.6 Å². The molecule has 0 aliphatic carbocycles. The van der Waals surface area contributed by atoms with Crippen molar-refractivity contribution < 1.29 is 19.1 Å². The van der Waals surface area contributed by atoms with E-state index in [9.17, 15) is 9.59 Å². The van der Waals surface area contributed by atoms with Gasteiger partial charge in [-0.2, -0.15) is 0 Å². The van der Waals surface area contributed by atoms with E-state index in [-0.39, 0.29) is 18.4 Å². The number of carbonyl (C=O) groups excluding carboxylic acids is 2. The number of para-hydroxylation sites is 1. The van der Waals surface area contributed by atoms with Crippen molar-refractivity contribution in [1.82, 2.24) is 0 Å². The van der Waals surface area contributed by atoms with Gasteiger partial charge in [0, 0.05) is 16.4 Å². The average Bonchev–Trinajstić information content (AvgIpc) is 2.73. The molecular formula is C22H19ClN2O4. The molecule has 0 aromatic heterocycles. The van der Waals surface area contributed by atoms with Crippen molar-refractivity contribution in [3.05, 3.63) is 83.4 Å². The van der Waals surface area contributed by atoms with E-state index in [1.807, 2.05) is 0 Å². The zero-order chi connectivity index (χ0) is 20.6. The topological polar surface area (TPSA) is 76.7 Å². The second-order valence-corrected chi connectivity index (χ2v) is 6.46. The summed E-state index contributed by atoms with van der Waals surface area (Å²) in [7, 11) is 1.51. The van der Waals surface area contributed by atoms with Gasteiger partial charge < -0.3 is 20.1 Å². The molecule has 0 atom stereocenters. The Morgan fingerprint density at radius 1 is 0.897 bits per heavy atom. The Labute approximate surface area is 173 Å². The molecule has 3 aromatic carbocycles. The highest BCUT2D eigenvalue weighted by Gasteiger charge is 2.11. The van der Waals surface area contributed by atoms with Crippen LogP contribution in [0.3, 0.4) is 0 Å². The zero-order valence-electron chi connectivity index (χ0n) is 15.6. The zero-order valence-corrected chi connectivity index (χ0v) is 16.4. The van der Waals surface area contributed by atoms with E-state index >= 15 is 0 Å². The van der Waals surface area contributed by atoms with Gasteiger partial charge in [-0.25, -0.2) is 0 Å². The predicted molar refractivity (Wildman–Crippen MR) is 113 cm³/mol. The smallest absolute Gasteiger partial charge is 0.262 e. The molecule has 0 fully saturated rings. The van der Waals surface area contributed by atoms with Crippen molar-refractivity contribution in [2.45, 2.75) is 0 Å². The molecule has 0 spiro atoms. The minimum absolute atomic E-state index is 0.153. The molecule has 0 unspecified atom stereocenters. The Morgan fingerprint density at radius 2 is 1.66 bits per heavy atom. The summed E-state index contributed by atoms with van der Waals surface area (Å²) in [5.74, 6) is 0.412. The normalized spacial score (nSPS) is 10.1. The fraction of sp³-hybridized carbons (Fsp3) is 0.0909. The number of nitrogens with one attached hydrogen (secondary N) is 2. The molecule has 0 saturated heterocycles. The quantitative estimate of drug-likeness (QED) is 0.596. The molecule has 7 heteroatoms. The SMILES string of the molecule is COc1ccccc1C(=O)Nc1ccc(OCC(=O)Nc2cccc(Cl)c2)cc1. The minimum atomic E-state index is -0.305. The predicted octanol–water partition coefficient (Wildman–Crippen LogP) is 4.62. The second-order valence-electron chi connectivity index (χ2n) is 6.03. The van der Waals surface area contributed by atoms with Crippen molar-refractivity contribution in [3.63, 3.8) is 0 Å². The highest BCUT2D eigenvalue weighted by atomic mass is 35.5. The van der Waals surface area contributed by atoms with Gasteiger partial charge in [0.1, 0.15) is 11.5 Å². The number of halogens is 1. The Morgan fingerprint density at radius 3 is 2.38 bits per heavy atom. The highest BCUT2D eigenvalue weighted by Crippen LogP contribution is 2.21. The fourth-order valence-electron chi connectivity index (χ4n) is 2.58. The third-order valence-electron chi connectivity index (χ3n) is 3.94. The maximum atomic E-state index is 12.4. The number of carbonyl (C=O) groups is 2. The van der Waals surface area contributed by atoms with Gasteiger partial charge in [0.15, 0.2) is 6.61 Å². The molecule has 0 bridgehead atoms. The maximum Gasteiger partial charge on any atom is 0.262 e. The number of hydrogen-bond acceptors (Lipinski definition) is 4. The number of amides is 2. The van der Waals surface area contributed by atoms with Crippen LogP contribution in [0.5, 0.6) is 11.5 Å².